The molecular formula is C29H40ClN5O3. The first kappa shape index (κ1) is 28.0. The molecule has 2 heterocycles. The summed E-state index contributed by atoms with van der Waals surface area (Å²) in [5.41, 5.74) is 3.05. The number of pyridine rings is 1. The second kappa shape index (κ2) is 11.4. The van der Waals surface area contributed by atoms with Crippen molar-refractivity contribution in [3.05, 3.63) is 34.9 Å². The van der Waals surface area contributed by atoms with Crippen LogP contribution >= 0.6 is 11.6 Å². The number of nitrogens with one attached hydrogen (secondary N) is 3. The lowest BCUT2D eigenvalue weighted by Crippen LogP contribution is -2.28. The van der Waals surface area contributed by atoms with Gasteiger partial charge in [-0.25, -0.2) is 9.78 Å². The minimum atomic E-state index is -1.25. The zero-order chi connectivity index (χ0) is 27.6. The number of anilines is 3. The predicted molar refractivity (Wildman–Crippen MR) is 157 cm³/mol. The fraction of sp³-hybridized carbons (Fsp3) is 0.517. The number of carboxylic acid groups (broad SMARTS) is 1. The summed E-state index contributed by atoms with van der Waals surface area (Å²) in [5.74, 6) is 0.894. The highest BCUT2D eigenvalue weighted by atomic mass is 35.5. The summed E-state index contributed by atoms with van der Waals surface area (Å²) in [7, 11) is 5.57. The van der Waals surface area contributed by atoms with Gasteiger partial charge in [-0.2, -0.15) is 0 Å². The van der Waals surface area contributed by atoms with Crippen molar-refractivity contribution in [1.29, 1.82) is 0 Å². The maximum atomic E-state index is 12.7. The molecule has 3 aromatic rings. The fourth-order valence-corrected chi connectivity index (χ4v) is 5.76. The van der Waals surface area contributed by atoms with Crippen LogP contribution in [0, 0.1) is 5.92 Å². The maximum Gasteiger partial charge on any atom is 0.337 e. The van der Waals surface area contributed by atoms with Gasteiger partial charge < -0.3 is 30.4 Å². The molecule has 0 amide bonds. The van der Waals surface area contributed by atoms with Gasteiger partial charge in [0.15, 0.2) is 6.10 Å². The molecule has 0 saturated heterocycles. The van der Waals surface area contributed by atoms with Crippen molar-refractivity contribution in [1.82, 2.24) is 9.55 Å². The van der Waals surface area contributed by atoms with Crippen molar-refractivity contribution in [2.45, 2.75) is 71.1 Å². The standard InChI is InChI=1S/C29H40ClN5O3/c1-29(2,3)38-24(28(36)37)22-20(18-12-14-19(30)15-13-18)21-23(31-4)27(33-6)35(26(21)34-25(22)32-5)16-17-10-8-7-9-11-17/h12-15,17,24,31,33H,7-11,16H2,1-6H3,(H,32,34)(H,36,37)/t24-/m0/s1. The Morgan fingerprint density at radius 1 is 1.11 bits per heavy atom. The van der Waals surface area contributed by atoms with Crippen LogP contribution in [0.15, 0.2) is 24.3 Å². The minimum Gasteiger partial charge on any atom is -0.479 e. The maximum absolute atomic E-state index is 12.7. The van der Waals surface area contributed by atoms with Crippen molar-refractivity contribution in [3.63, 3.8) is 0 Å². The average molecular weight is 542 g/mol. The molecule has 0 radical (unpaired) electrons. The van der Waals surface area contributed by atoms with Gasteiger partial charge in [-0.1, -0.05) is 43.0 Å². The SMILES string of the molecule is CNc1nc2c(c(NC)c(NC)n2CC2CCCCC2)c(-c2ccc(Cl)cc2)c1[C@H](OC(C)(C)C)C(=O)O. The number of benzene rings is 1. The highest BCUT2D eigenvalue weighted by molar-refractivity contribution is 6.30. The molecule has 38 heavy (non-hydrogen) atoms. The van der Waals surface area contributed by atoms with Crippen molar-refractivity contribution in [2.24, 2.45) is 5.92 Å². The molecule has 1 saturated carbocycles. The lowest BCUT2D eigenvalue weighted by Gasteiger charge is -2.28. The summed E-state index contributed by atoms with van der Waals surface area (Å²) in [6.07, 6.45) is 4.93. The summed E-state index contributed by atoms with van der Waals surface area (Å²) in [6.45, 7) is 6.41. The van der Waals surface area contributed by atoms with Crippen molar-refractivity contribution >= 4 is 45.9 Å². The van der Waals surface area contributed by atoms with Gasteiger partial charge in [0.25, 0.3) is 0 Å². The number of carbonyl (C=O) groups is 1. The largest absolute Gasteiger partial charge is 0.479 e. The third-order valence-corrected chi connectivity index (χ3v) is 7.46. The van der Waals surface area contributed by atoms with Gasteiger partial charge in [-0.3, -0.25) is 0 Å². The van der Waals surface area contributed by atoms with Crippen LogP contribution in [0.25, 0.3) is 22.2 Å². The Balaban J connectivity index is 2.11. The quantitative estimate of drug-likeness (QED) is 0.231. The van der Waals surface area contributed by atoms with Gasteiger partial charge in [-0.05, 0) is 57.2 Å². The van der Waals surface area contributed by atoms with Gasteiger partial charge >= 0.3 is 5.97 Å². The van der Waals surface area contributed by atoms with Crippen LogP contribution in [0.3, 0.4) is 0 Å². The van der Waals surface area contributed by atoms with E-state index in [1.54, 1.807) is 7.05 Å². The number of hydrogen-bond acceptors (Lipinski definition) is 6. The smallest absolute Gasteiger partial charge is 0.337 e. The number of carboxylic acids is 1. The van der Waals surface area contributed by atoms with Crippen LogP contribution in [0.2, 0.25) is 5.02 Å². The molecule has 4 rings (SSSR count). The number of halogens is 1. The van der Waals surface area contributed by atoms with Crippen LogP contribution in [-0.4, -0.2) is 47.4 Å². The number of nitrogens with zero attached hydrogens (tertiary/aromatic N) is 2. The first-order chi connectivity index (χ1) is 18.1. The minimum absolute atomic E-state index is 0.479. The Morgan fingerprint density at radius 3 is 2.29 bits per heavy atom. The van der Waals surface area contributed by atoms with Crippen LogP contribution in [-0.2, 0) is 16.1 Å². The Kier molecular flexibility index (Phi) is 8.43. The zero-order valence-corrected chi connectivity index (χ0v) is 24.0. The van der Waals surface area contributed by atoms with E-state index in [0.29, 0.717) is 22.3 Å². The number of aromatic nitrogens is 2. The molecule has 4 N–H and O–H groups in total. The number of fused-ring (bicyclic) bond motifs is 1. The van der Waals surface area contributed by atoms with E-state index in [1.807, 2.05) is 59.1 Å². The molecule has 9 heteroatoms. The van der Waals surface area contributed by atoms with Crippen LogP contribution in [0.5, 0.6) is 0 Å². The van der Waals surface area contributed by atoms with Gasteiger partial charge in [0.05, 0.1) is 16.7 Å². The van der Waals surface area contributed by atoms with Crippen molar-refractivity contribution in [2.75, 3.05) is 37.1 Å². The second-order valence-electron chi connectivity index (χ2n) is 11.0. The number of aliphatic carboxylic acids is 1. The van der Waals surface area contributed by atoms with E-state index >= 15 is 0 Å². The third-order valence-electron chi connectivity index (χ3n) is 7.21. The molecule has 2 aromatic heterocycles. The fourth-order valence-electron chi connectivity index (χ4n) is 5.64. The molecule has 1 aliphatic rings. The molecule has 1 fully saturated rings. The van der Waals surface area contributed by atoms with Gasteiger partial charge in [0, 0.05) is 43.8 Å². The van der Waals surface area contributed by atoms with E-state index in [0.717, 1.165) is 40.2 Å². The van der Waals surface area contributed by atoms with Crippen molar-refractivity contribution in [3.8, 4) is 11.1 Å². The molecule has 206 valence electrons. The summed E-state index contributed by atoms with van der Waals surface area (Å²) in [5, 5.41) is 21.9. The number of ether oxygens (including phenoxy) is 1. The topological polar surface area (TPSA) is 100 Å². The molecule has 0 spiro atoms. The molecule has 0 aliphatic heterocycles. The first-order valence-corrected chi connectivity index (χ1v) is 13.8. The highest BCUT2D eigenvalue weighted by Crippen LogP contribution is 2.47. The lowest BCUT2D eigenvalue weighted by atomic mass is 9.89. The van der Waals surface area contributed by atoms with Gasteiger partial charge in [0.2, 0.25) is 0 Å². The van der Waals surface area contributed by atoms with E-state index < -0.39 is 17.7 Å². The molecule has 0 bridgehead atoms. The van der Waals surface area contributed by atoms with E-state index in [9.17, 15) is 9.90 Å². The monoisotopic (exact) mass is 541 g/mol. The predicted octanol–water partition coefficient (Wildman–Crippen LogP) is 7.00. The summed E-state index contributed by atoms with van der Waals surface area (Å²) < 4.78 is 8.42. The van der Waals surface area contributed by atoms with Crippen LogP contribution < -0.4 is 16.0 Å². The number of hydrogen-bond donors (Lipinski definition) is 4. The summed E-state index contributed by atoms with van der Waals surface area (Å²) in [6, 6.07) is 7.49. The van der Waals surface area contributed by atoms with Gasteiger partial charge in [0.1, 0.15) is 17.3 Å². The van der Waals surface area contributed by atoms with Crippen LogP contribution in [0.4, 0.5) is 17.3 Å². The second-order valence-corrected chi connectivity index (χ2v) is 11.4. The number of rotatable bonds is 9. The highest BCUT2D eigenvalue weighted by Gasteiger charge is 2.35. The normalized spacial score (nSPS) is 15.4. The van der Waals surface area contributed by atoms with E-state index in [2.05, 4.69) is 20.5 Å². The average Bonchev–Trinajstić information content (AvgIpc) is 3.18. The Labute approximate surface area is 230 Å². The van der Waals surface area contributed by atoms with E-state index in [-0.39, 0.29) is 0 Å². The Hall–Kier alpha value is -2.97. The summed E-state index contributed by atoms with van der Waals surface area (Å²) >= 11 is 6.26. The van der Waals surface area contributed by atoms with Gasteiger partial charge in [-0.15, -0.1) is 0 Å². The molecule has 1 aliphatic carbocycles. The molecule has 1 aromatic carbocycles. The molecule has 8 nitrogen and oxygen atoms in total. The molecule has 1 atom stereocenters. The zero-order valence-electron chi connectivity index (χ0n) is 23.2. The Bertz CT molecular complexity index is 1290. The van der Waals surface area contributed by atoms with E-state index in [4.69, 9.17) is 21.3 Å². The lowest BCUT2D eigenvalue weighted by molar-refractivity contribution is -0.160. The van der Waals surface area contributed by atoms with Crippen LogP contribution in [0.1, 0.15) is 64.5 Å². The Morgan fingerprint density at radius 2 is 1.76 bits per heavy atom. The summed E-state index contributed by atoms with van der Waals surface area (Å²) in [4.78, 5) is 17.8. The molecule has 0 unspecified atom stereocenters. The van der Waals surface area contributed by atoms with E-state index in [1.165, 1.54) is 32.1 Å². The first-order valence-electron chi connectivity index (χ1n) is 13.4. The third kappa shape index (κ3) is 5.57. The molecular weight excluding hydrogens is 502 g/mol. The van der Waals surface area contributed by atoms with Crippen molar-refractivity contribution < 1.29 is 14.6 Å².